The van der Waals surface area contributed by atoms with Crippen LogP contribution in [0.4, 0.5) is 0 Å². The van der Waals surface area contributed by atoms with Crippen LogP contribution in [0.5, 0.6) is 0 Å². The van der Waals surface area contributed by atoms with Crippen LogP contribution in [0.2, 0.25) is 0 Å². The molecule has 144 valence electrons. The molecule has 0 fully saturated rings. The molecule has 3 aromatic rings. The molecule has 0 bridgehead atoms. The first-order valence-corrected chi connectivity index (χ1v) is 8.91. The summed E-state index contributed by atoms with van der Waals surface area (Å²) in [4.78, 5) is 24.5. The van der Waals surface area contributed by atoms with Gasteiger partial charge in [0.2, 0.25) is 0 Å². The fourth-order valence-electron chi connectivity index (χ4n) is 2.61. The predicted molar refractivity (Wildman–Crippen MR) is 102 cm³/mol. The number of nitrogens with one attached hydrogen (secondary N) is 1. The summed E-state index contributed by atoms with van der Waals surface area (Å²) in [5, 5.41) is 13.7. The first kappa shape index (κ1) is 19.2. The van der Waals surface area contributed by atoms with Crippen molar-refractivity contribution in [2.24, 2.45) is 0 Å². The van der Waals surface area contributed by atoms with Gasteiger partial charge in [0, 0.05) is 6.54 Å². The minimum absolute atomic E-state index is 0.159. The Morgan fingerprint density at radius 1 is 1.07 bits per heavy atom. The molecule has 28 heavy (non-hydrogen) atoms. The van der Waals surface area contributed by atoms with Crippen molar-refractivity contribution < 1.29 is 14.3 Å². The number of hydrogen-bond donors (Lipinski definition) is 1. The number of hydrogen-bond acceptors (Lipinski definition) is 6. The van der Waals surface area contributed by atoms with E-state index < -0.39 is 12.1 Å². The van der Waals surface area contributed by atoms with Gasteiger partial charge in [0.1, 0.15) is 6.33 Å². The summed E-state index contributed by atoms with van der Waals surface area (Å²) >= 11 is 0. The number of benzene rings is 2. The van der Waals surface area contributed by atoms with Crippen molar-refractivity contribution in [2.45, 2.75) is 25.9 Å². The Morgan fingerprint density at radius 3 is 2.43 bits per heavy atom. The number of esters is 1. The molecule has 1 heterocycles. The second kappa shape index (κ2) is 8.90. The lowest BCUT2D eigenvalue weighted by atomic mass is 10.0. The maximum atomic E-state index is 12.3. The Labute approximate surface area is 162 Å². The summed E-state index contributed by atoms with van der Waals surface area (Å²) in [6.45, 7) is 4.04. The molecule has 0 radical (unpaired) electrons. The van der Waals surface area contributed by atoms with Crippen LogP contribution in [-0.4, -0.2) is 44.7 Å². The quantitative estimate of drug-likeness (QED) is 0.632. The third-order valence-electron chi connectivity index (χ3n) is 4.32. The van der Waals surface area contributed by atoms with Crippen LogP contribution in [0.25, 0.3) is 5.69 Å². The van der Waals surface area contributed by atoms with Crippen LogP contribution in [0.15, 0.2) is 60.9 Å². The van der Waals surface area contributed by atoms with Crippen LogP contribution < -0.4 is 5.32 Å². The third kappa shape index (κ3) is 4.79. The molecule has 0 saturated carbocycles. The lowest BCUT2D eigenvalue weighted by Gasteiger charge is -2.16. The standard InChI is InChI=1S/C20H21N5O3/c1-14(16-6-4-3-5-7-16)12-21-19(26)15(2)28-20(27)17-8-10-18(11-9-17)25-13-22-23-24-25/h3-11,13-15H,12H2,1-2H3,(H,21,26)/t14-,15-/m1/s1. The predicted octanol–water partition coefficient (Wildman–Crippen LogP) is 2.13. The van der Waals surface area contributed by atoms with Gasteiger partial charge in [-0.25, -0.2) is 9.48 Å². The minimum Gasteiger partial charge on any atom is -0.449 e. The van der Waals surface area contributed by atoms with Gasteiger partial charge >= 0.3 is 5.97 Å². The van der Waals surface area contributed by atoms with Gasteiger partial charge in [-0.3, -0.25) is 4.79 Å². The molecule has 1 N–H and O–H groups in total. The van der Waals surface area contributed by atoms with Crippen molar-refractivity contribution in [3.05, 3.63) is 72.1 Å². The molecular weight excluding hydrogens is 358 g/mol. The monoisotopic (exact) mass is 379 g/mol. The zero-order valence-corrected chi connectivity index (χ0v) is 15.6. The average Bonchev–Trinajstić information content (AvgIpc) is 3.27. The van der Waals surface area contributed by atoms with E-state index in [4.69, 9.17) is 4.74 Å². The fraction of sp³-hybridized carbons (Fsp3) is 0.250. The summed E-state index contributed by atoms with van der Waals surface area (Å²) in [6, 6.07) is 16.5. The highest BCUT2D eigenvalue weighted by atomic mass is 16.5. The third-order valence-corrected chi connectivity index (χ3v) is 4.32. The van der Waals surface area contributed by atoms with Crippen molar-refractivity contribution in [3.63, 3.8) is 0 Å². The van der Waals surface area contributed by atoms with Crippen molar-refractivity contribution in [1.29, 1.82) is 0 Å². The van der Waals surface area contributed by atoms with Crippen molar-refractivity contribution in [3.8, 4) is 5.69 Å². The zero-order valence-electron chi connectivity index (χ0n) is 15.6. The van der Waals surface area contributed by atoms with Crippen molar-refractivity contribution in [1.82, 2.24) is 25.5 Å². The Kier molecular flexibility index (Phi) is 6.11. The topological polar surface area (TPSA) is 99.0 Å². The zero-order chi connectivity index (χ0) is 19.9. The van der Waals surface area contributed by atoms with E-state index in [-0.39, 0.29) is 11.8 Å². The Hall–Kier alpha value is -3.55. The molecule has 1 amide bonds. The van der Waals surface area contributed by atoms with E-state index in [0.717, 1.165) is 5.56 Å². The van der Waals surface area contributed by atoms with Gasteiger partial charge in [-0.05, 0) is 53.1 Å². The van der Waals surface area contributed by atoms with Crippen LogP contribution in [-0.2, 0) is 9.53 Å². The molecule has 0 unspecified atom stereocenters. The van der Waals surface area contributed by atoms with Crippen molar-refractivity contribution in [2.75, 3.05) is 6.54 Å². The van der Waals surface area contributed by atoms with E-state index in [9.17, 15) is 9.59 Å². The van der Waals surface area contributed by atoms with E-state index in [1.165, 1.54) is 11.0 Å². The van der Waals surface area contributed by atoms with Crippen LogP contribution in [0.1, 0.15) is 35.7 Å². The number of tetrazole rings is 1. The number of rotatable bonds is 7. The smallest absolute Gasteiger partial charge is 0.338 e. The fourth-order valence-corrected chi connectivity index (χ4v) is 2.61. The van der Waals surface area contributed by atoms with Gasteiger partial charge < -0.3 is 10.1 Å². The van der Waals surface area contributed by atoms with Gasteiger partial charge in [-0.2, -0.15) is 0 Å². The summed E-state index contributed by atoms with van der Waals surface area (Å²) in [6.07, 6.45) is 0.561. The summed E-state index contributed by atoms with van der Waals surface area (Å²) in [5.41, 5.74) is 2.19. The lowest BCUT2D eigenvalue weighted by molar-refractivity contribution is -0.129. The van der Waals surface area contributed by atoms with E-state index >= 15 is 0 Å². The summed E-state index contributed by atoms with van der Waals surface area (Å²) in [5.74, 6) is -0.740. The molecule has 0 aliphatic rings. The Balaban J connectivity index is 1.51. The van der Waals surface area contributed by atoms with E-state index in [1.807, 2.05) is 37.3 Å². The van der Waals surface area contributed by atoms with E-state index in [2.05, 4.69) is 20.8 Å². The normalized spacial score (nSPS) is 12.8. The van der Waals surface area contributed by atoms with Crippen LogP contribution in [0, 0.1) is 0 Å². The van der Waals surface area contributed by atoms with Crippen molar-refractivity contribution >= 4 is 11.9 Å². The number of nitrogens with zero attached hydrogens (tertiary/aromatic N) is 4. The van der Waals surface area contributed by atoms with E-state index in [0.29, 0.717) is 17.8 Å². The molecule has 0 aliphatic carbocycles. The first-order valence-electron chi connectivity index (χ1n) is 8.91. The lowest BCUT2D eigenvalue weighted by Crippen LogP contribution is -2.37. The van der Waals surface area contributed by atoms with E-state index in [1.54, 1.807) is 31.2 Å². The molecule has 2 atom stereocenters. The summed E-state index contributed by atoms with van der Waals surface area (Å²) in [7, 11) is 0. The van der Waals surface area contributed by atoms with Gasteiger partial charge in [0.05, 0.1) is 11.3 Å². The maximum absolute atomic E-state index is 12.3. The van der Waals surface area contributed by atoms with Gasteiger partial charge in [0.25, 0.3) is 5.91 Å². The summed E-state index contributed by atoms with van der Waals surface area (Å²) < 4.78 is 6.74. The molecule has 2 aromatic carbocycles. The largest absolute Gasteiger partial charge is 0.449 e. The van der Waals surface area contributed by atoms with Gasteiger partial charge in [-0.1, -0.05) is 37.3 Å². The van der Waals surface area contributed by atoms with Crippen LogP contribution in [0.3, 0.4) is 0 Å². The number of carbonyl (C=O) groups is 2. The highest BCUT2D eigenvalue weighted by molar-refractivity contribution is 5.92. The Bertz CT molecular complexity index is 911. The van der Waals surface area contributed by atoms with Crippen LogP contribution >= 0.6 is 0 Å². The molecule has 0 saturated heterocycles. The maximum Gasteiger partial charge on any atom is 0.338 e. The number of carbonyl (C=O) groups excluding carboxylic acids is 2. The highest BCUT2D eigenvalue weighted by Gasteiger charge is 2.19. The number of amides is 1. The van der Waals surface area contributed by atoms with Gasteiger partial charge in [0.15, 0.2) is 6.10 Å². The highest BCUT2D eigenvalue weighted by Crippen LogP contribution is 2.13. The second-order valence-corrected chi connectivity index (χ2v) is 6.41. The number of aromatic nitrogens is 4. The molecule has 0 aliphatic heterocycles. The number of ether oxygens (including phenoxy) is 1. The molecule has 0 spiro atoms. The molecule has 8 nitrogen and oxygen atoms in total. The second-order valence-electron chi connectivity index (χ2n) is 6.41. The molecule has 3 rings (SSSR count). The molecule has 8 heteroatoms. The first-order chi connectivity index (χ1) is 13.5. The van der Waals surface area contributed by atoms with Gasteiger partial charge in [-0.15, -0.1) is 5.10 Å². The minimum atomic E-state index is -0.894. The SMILES string of the molecule is C[C@H](CNC(=O)[C@@H](C)OC(=O)c1ccc(-n2cnnn2)cc1)c1ccccc1. The average molecular weight is 379 g/mol. The molecule has 1 aromatic heterocycles. The molecular formula is C20H21N5O3. The Morgan fingerprint density at radius 2 is 1.79 bits per heavy atom.